The van der Waals surface area contributed by atoms with Gasteiger partial charge < -0.3 is 8.74 Å². The molecule has 0 atom stereocenters. The summed E-state index contributed by atoms with van der Waals surface area (Å²) in [5, 5.41) is 0. The van der Waals surface area contributed by atoms with E-state index in [2.05, 4.69) is 94.3 Å². The van der Waals surface area contributed by atoms with Crippen LogP contribution < -0.4 is 25.4 Å². The van der Waals surface area contributed by atoms with Crippen molar-refractivity contribution in [2.24, 2.45) is 0 Å². The number of rotatable bonds is 8. The zero-order valence-corrected chi connectivity index (χ0v) is 27.2. The number of halogens is 1. The Morgan fingerprint density at radius 1 is 0.632 bits per heavy atom. The molecule has 0 amide bonds. The number of hydrogen-bond donors (Lipinski definition) is 0. The van der Waals surface area contributed by atoms with Crippen LogP contribution in [0.4, 0.5) is 0 Å². The fourth-order valence-electron chi connectivity index (χ4n) is 3.59. The molecule has 0 heterocycles. The molecule has 0 unspecified atom stereocenters. The van der Waals surface area contributed by atoms with Crippen LogP contribution in [0, 0.1) is 7.14 Å². The van der Waals surface area contributed by atoms with Crippen molar-refractivity contribution in [3.63, 3.8) is 0 Å². The molecule has 3 rings (SSSR count). The lowest BCUT2D eigenvalue weighted by Gasteiger charge is -2.23. The molecular weight excluding hydrogens is 607 g/mol. The van der Waals surface area contributed by atoms with Gasteiger partial charge in [0, 0.05) is 0 Å². The third-order valence-corrected chi connectivity index (χ3v) is 10.2. The molecule has 0 bridgehead atoms. The summed E-state index contributed by atoms with van der Waals surface area (Å²) < 4.78 is 38.1. The van der Waals surface area contributed by atoms with Gasteiger partial charge in [-0.05, 0) is 82.2 Å². The minimum Gasteiger partial charge on any atom is -0.716 e. The summed E-state index contributed by atoms with van der Waals surface area (Å²) in [4.78, 5) is 0. The third-order valence-electron chi connectivity index (χ3n) is 7.16. The molecule has 0 radical (unpaired) electrons. The molecular formula is C32H43IO4S. The second-order valence-corrected chi connectivity index (χ2v) is 15.9. The summed E-state index contributed by atoms with van der Waals surface area (Å²) in [5.41, 5.74) is 4.49. The fraction of sp³-hybridized carbons (Fsp3) is 0.438. The van der Waals surface area contributed by atoms with Gasteiger partial charge in [-0.3, -0.25) is 0 Å². The van der Waals surface area contributed by atoms with E-state index < -0.39 is 10.4 Å². The predicted molar refractivity (Wildman–Crippen MR) is 152 cm³/mol. The van der Waals surface area contributed by atoms with Gasteiger partial charge in [-0.15, -0.1) is 0 Å². The molecule has 4 nitrogen and oxygen atoms in total. The van der Waals surface area contributed by atoms with Gasteiger partial charge in [0.2, 0.25) is 0 Å². The SMILES string of the molecule is CC(C)(C)c1ccc(OS(=O)(=O)[O-])cc1.CCC(C)(C)c1ccc([I+]c2ccc(C(C)(C)CC)cc2)cc1. The van der Waals surface area contributed by atoms with Gasteiger partial charge in [0.25, 0.3) is 10.4 Å². The molecule has 0 aliphatic heterocycles. The van der Waals surface area contributed by atoms with Crippen molar-refractivity contribution in [1.29, 1.82) is 0 Å². The van der Waals surface area contributed by atoms with Crippen LogP contribution in [0.2, 0.25) is 0 Å². The lowest BCUT2D eigenvalue weighted by atomic mass is 9.82. The average molecular weight is 651 g/mol. The monoisotopic (exact) mass is 650 g/mol. The standard InChI is InChI=1S/C22H30I.C10H14O4S/c1-7-21(3,4)17-9-13-19(14-10-17)23-20-15-11-18(12-16-20)22(5,6)8-2;1-10(2,3)8-4-6-9(7-5-8)14-15(11,12)13/h9-16H,7-8H2,1-6H3;4-7H,1-3H3,(H,11,12,13)/q+1;/p-1. The van der Waals surface area contributed by atoms with Crippen molar-refractivity contribution in [1.82, 2.24) is 0 Å². The highest BCUT2D eigenvalue weighted by atomic mass is 127. The van der Waals surface area contributed by atoms with E-state index in [1.807, 2.05) is 20.8 Å². The van der Waals surface area contributed by atoms with E-state index in [0.717, 1.165) is 5.56 Å². The Hall–Kier alpha value is -1.90. The van der Waals surface area contributed by atoms with Crippen LogP contribution in [-0.4, -0.2) is 13.0 Å². The third kappa shape index (κ3) is 10.0. The Morgan fingerprint density at radius 3 is 1.26 bits per heavy atom. The zero-order valence-electron chi connectivity index (χ0n) is 24.3. The van der Waals surface area contributed by atoms with Crippen molar-refractivity contribution in [3.8, 4) is 5.75 Å². The van der Waals surface area contributed by atoms with E-state index >= 15 is 0 Å². The Bertz CT molecular complexity index is 1200. The topological polar surface area (TPSA) is 66.4 Å². The molecule has 0 spiro atoms. The van der Waals surface area contributed by atoms with E-state index in [0.29, 0.717) is 0 Å². The van der Waals surface area contributed by atoms with Gasteiger partial charge >= 0.3 is 21.2 Å². The molecule has 0 aromatic heterocycles. The second kappa shape index (κ2) is 13.0. The maximum absolute atomic E-state index is 10.3. The highest BCUT2D eigenvalue weighted by Gasteiger charge is 2.22. The first kappa shape index (κ1) is 32.3. The maximum Gasteiger partial charge on any atom is 0.357 e. The van der Waals surface area contributed by atoms with Gasteiger partial charge in [-0.1, -0.05) is 98.7 Å². The molecule has 208 valence electrons. The Balaban J connectivity index is 0.000000293. The molecule has 0 aliphatic rings. The molecule has 38 heavy (non-hydrogen) atoms. The molecule has 3 aromatic carbocycles. The Labute approximate surface area is 241 Å². The Kier molecular flexibility index (Phi) is 11.0. The van der Waals surface area contributed by atoms with Gasteiger partial charge in [-0.25, -0.2) is 8.42 Å². The van der Waals surface area contributed by atoms with Crippen LogP contribution in [0.5, 0.6) is 5.75 Å². The highest BCUT2D eigenvalue weighted by molar-refractivity contribution is 7.81. The summed E-state index contributed by atoms with van der Waals surface area (Å²) in [6, 6.07) is 25.1. The predicted octanol–water partition coefficient (Wildman–Crippen LogP) is 5.01. The van der Waals surface area contributed by atoms with Crippen LogP contribution in [0.15, 0.2) is 72.8 Å². The normalized spacial score (nSPS) is 12.5. The molecule has 6 heteroatoms. The first-order valence-electron chi connectivity index (χ1n) is 13.1. The van der Waals surface area contributed by atoms with Gasteiger partial charge in [0.1, 0.15) is 5.75 Å². The van der Waals surface area contributed by atoms with Gasteiger partial charge in [0.05, 0.1) is 0 Å². The van der Waals surface area contributed by atoms with Crippen molar-refractivity contribution < 1.29 is 38.4 Å². The minimum atomic E-state index is -4.68. The molecule has 0 saturated carbocycles. The van der Waals surface area contributed by atoms with E-state index in [1.54, 1.807) is 12.1 Å². The van der Waals surface area contributed by atoms with Crippen molar-refractivity contribution >= 4 is 10.4 Å². The average Bonchev–Trinajstić information content (AvgIpc) is 2.84. The van der Waals surface area contributed by atoms with Crippen molar-refractivity contribution in [2.45, 2.75) is 91.4 Å². The zero-order chi connectivity index (χ0) is 28.8. The molecule has 0 saturated heterocycles. The van der Waals surface area contributed by atoms with E-state index in [1.165, 1.54) is 43.2 Å². The minimum absolute atomic E-state index is 0.0190. The van der Waals surface area contributed by atoms with E-state index in [-0.39, 0.29) is 43.2 Å². The van der Waals surface area contributed by atoms with Crippen molar-refractivity contribution in [3.05, 3.63) is 96.6 Å². The quantitative estimate of drug-likeness (QED) is 0.195. The highest BCUT2D eigenvalue weighted by Crippen LogP contribution is 2.27. The molecule has 0 aliphatic carbocycles. The second-order valence-electron chi connectivity index (χ2n) is 11.8. The molecule has 0 N–H and O–H groups in total. The first-order valence-corrected chi connectivity index (χ1v) is 16.6. The first-order chi connectivity index (χ1) is 17.5. The lowest BCUT2D eigenvalue weighted by molar-refractivity contribution is -0.597. The van der Waals surface area contributed by atoms with Crippen LogP contribution in [0.1, 0.15) is 91.8 Å². The van der Waals surface area contributed by atoms with E-state index in [4.69, 9.17) is 0 Å². The number of hydrogen-bond acceptors (Lipinski definition) is 4. The summed E-state index contributed by atoms with van der Waals surface area (Å²) in [6.45, 7) is 19.9. The number of benzene rings is 3. The fourth-order valence-corrected chi connectivity index (χ4v) is 6.10. The lowest BCUT2D eigenvalue weighted by Crippen LogP contribution is -3.61. The maximum atomic E-state index is 10.3. The smallest absolute Gasteiger partial charge is 0.357 e. The van der Waals surface area contributed by atoms with Gasteiger partial charge in [-0.2, -0.15) is 0 Å². The van der Waals surface area contributed by atoms with Crippen LogP contribution in [-0.2, 0) is 26.6 Å². The summed E-state index contributed by atoms with van der Waals surface area (Å²) >= 11 is -0.0793. The largest absolute Gasteiger partial charge is 0.716 e. The summed E-state index contributed by atoms with van der Waals surface area (Å²) in [5.74, 6) is 0.0398. The van der Waals surface area contributed by atoms with Gasteiger partial charge in [0.15, 0.2) is 7.14 Å². The Morgan fingerprint density at radius 2 is 0.974 bits per heavy atom. The molecule has 0 fully saturated rings. The van der Waals surface area contributed by atoms with Crippen LogP contribution in [0.25, 0.3) is 0 Å². The summed E-state index contributed by atoms with van der Waals surface area (Å²) in [6.07, 6.45) is 2.35. The van der Waals surface area contributed by atoms with Crippen LogP contribution >= 0.6 is 0 Å². The van der Waals surface area contributed by atoms with E-state index in [9.17, 15) is 13.0 Å². The molecule has 3 aromatic rings. The summed E-state index contributed by atoms with van der Waals surface area (Å²) in [7, 11) is -4.68. The van der Waals surface area contributed by atoms with Crippen molar-refractivity contribution in [2.75, 3.05) is 0 Å². The van der Waals surface area contributed by atoms with Crippen LogP contribution in [0.3, 0.4) is 0 Å².